The van der Waals surface area contributed by atoms with Crippen LogP contribution in [-0.4, -0.2) is 75.0 Å². The molecule has 18 heavy (non-hydrogen) atoms. The second kappa shape index (κ2) is 7.43. The predicted molar refractivity (Wildman–Crippen MR) is 75.5 cm³/mol. The quantitative estimate of drug-likeness (QED) is 0.697. The Morgan fingerprint density at radius 1 is 1.06 bits per heavy atom. The van der Waals surface area contributed by atoms with Gasteiger partial charge < -0.3 is 10.6 Å². The molecule has 1 heterocycles. The zero-order valence-electron chi connectivity index (χ0n) is 11.6. The second-order valence-electron chi connectivity index (χ2n) is 5.24. The molecule has 0 aromatic heterocycles. The Labute approximate surface area is 111 Å². The molecule has 0 amide bonds. The minimum absolute atomic E-state index is 0.261. The minimum atomic E-state index is -2.90. The van der Waals surface area contributed by atoms with Crippen LogP contribution in [0, 0.1) is 0 Å². The Hall–Kier alpha value is -0.170. The Kier molecular flexibility index (Phi) is 6.55. The molecule has 0 saturated carbocycles. The van der Waals surface area contributed by atoms with Crippen molar-refractivity contribution in [1.29, 1.82) is 0 Å². The first kappa shape index (κ1) is 15.9. The molecule has 1 saturated heterocycles. The molecule has 1 fully saturated rings. The van der Waals surface area contributed by atoms with Gasteiger partial charge in [-0.3, -0.25) is 4.90 Å². The summed E-state index contributed by atoms with van der Waals surface area (Å²) < 4.78 is 23.5. The van der Waals surface area contributed by atoms with Gasteiger partial charge in [-0.1, -0.05) is 0 Å². The van der Waals surface area contributed by atoms with E-state index in [0.29, 0.717) is 6.54 Å². The molecule has 2 N–H and O–H groups in total. The van der Waals surface area contributed by atoms with Crippen molar-refractivity contribution in [3.05, 3.63) is 0 Å². The van der Waals surface area contributed by atoms with E-state index in [2.05, 4.69) is 9.80 Å². The van der Waals surface area contributed by atoms with Gasteiger partial charge in [-0.15, -0.1) is 0 Å². The third-order valence-electron chi connectivity index (χ3n) is 3.55. The van der Waals surface area contributed by atoms with Crippen LogP contribution in [0.3, 0.4) is 0 Å². The van der Waals surface area contributed by atoms with Crippen molar-refractivity contribution in [2.45, 2.75) is 25.5 Å². The number of sulfone groups is 1. The van der Waals surface area contributed by atoms with Crippen LogP contribution in [0.2, 0.25) is 0 Å². The van der Waals surface area contributed by atoms with E-state index in [1.807, 2.05) is 0 Å². The highest BCUT2D eigenvalue weighted by molar-refractivity contribution is 7.92. The third kappa shape index (κ3) is 5.22. The maximum atomic E-state index is 11.7. The summed E-state index contributed by atoms with van der Waals surface area (Å²) >= 11 is 0. The number of nitrogens with two attached hydrogens (primary N) is 1. The number of hydrogen-bond acceptors (Lipinski definition) is 5. The summed E-state index contributed by atoms with van der Waals surface area (Å²) in [5, 5.41) is -0.261. The van der Waals surface area contributed by atoms with E-state index in [0.717, 1.165) is 45.7 Å². The van der Waals surface area contributed by atoms with Crippen molar-refractivity contribution in [3.8, 4) is 0 Å². The van der Waals surface area contributed by atoms with Crippen molar-refractivity contribution in [1.82, 2.24) is 9.80 Å². The first-order valence-electron chi connectivity index (χ1n) is 6.82. The summed E-state index contributed by atoms with van der Waals surface area (Å²) in [5.74, 6) is 0.285. The molecule has 0 aliphatic carbocycles. The lowest BCUT2D eigenvalue weighted by molar-refractivity contribution is 0.137. The van der Waals surface area contributed by atoms with Gasteiger partial charge in [0.1, 0.15) is 0 Å². The smallest absolute Gasteiger partial charge is 0.153 e. The van der Waals surface area contributed by atoms with Gasteiger partial charge in [-0.25, -0.2) is 8.42 Å². The highest BCUT2D eigenvalue weighted by atomic mass is 32.2. The highest BCUT2D eigenvalue weighted by Gasteiger charge is 2.20. The van der Waals surface area contributed by atoms with Crippen LogP contribution in [0.15, 0.2) is 0 Å². The van der Waals surface area contributed by atoms with E-state index in [1.54, 1.807) is 13.8 Å². The molecule has 1 aliphatic heterocycles. The molecule has 108 valence electrons. The summed E-state index contributed by atoms with van der Waals surface area (Å²) in [5.41, 5.74) is 5.49. The van der Waals surface area contributed by atoms with Crippen LogP contribution in [0.4, 0.5) is 0 Å². The van der Waals surface area contributed by atoms with Gasteiger partial charge in [0.15, 0.2) is 9.84 Å². The van der Waals surface area contributed by atoms with Crippen molar-refractivity contribution in [3.63, 3.8) is 0 Å². The average molecular weight is 277 g/mol. The molecule has 0 atom stereocenters. The monoisotopic (exact) mass is 277 g/mol. The van der Waals surface area contributed by atoms with Crippen molar-refractivity contribution in [2.24, 2.45) is 5.73 Å². The van der Waals surface area contributed by atoms with Gasteiger partial charge in [0.2, 0.25) is 0 Å². The van der Waals surface area contributed by atoms with Crippen molar-refractivity contribution >= 4 is 9.84 Å². The number of rotatable bonds is 7. The van der Waals surface area contributed by atoms with E-state index >= 15 is 0 Å². The molecule has 1 rings (SSSR count). The third-order valence-corrected chi connectivity index (χ3v) is 5.74. The van der Waals surface area contributed by atoms with Crippen LogP contribution in [0.1, 0.15) is 20.3 Å². The normalized spacial score (nSPS) is 19.6. The first-order valence-corrected chi connectivity index (χ1v) is 8.53. The van der Waals surface area contributed by atoms with Crippen LogP contribution < -0.4 is 5.73 Å². The topological polar surface area (TPSA) is 66.6 Å². The summed E-state index contributed by atoms with van der Waals surface area (Å²) in [6.07, 6.45) is 1.04. The molecular formula is C12H27N3O2S. The van der Waals surface area contributed by atoms with E-state index in [9.17, 15) is 8.42 Å². The summed E-state index contributed by atoms with van der Waals surface area (Å²) in [4.78, 5) is 4.65. The molecule has 0 aromatic rings. The first-order chi connectivity index (χ1) is 8.45. The lowest BCUT2D eigenvalue weighted by atomic mass is 10.3. The second-order valence-corrected chi connectivity index (χ2v) is 7.92. The lowest BCUT2D eigenvalue weighted by Gasteiger charge is -2.34. The van der Waals surface area contributed by atoms with E-state index in [-0.39, 0.29) is 11.0 Å². The number of hydrogen-bond donors (Lipinski definition) is 1. The average Bonchev–Trinajstić information content (AvgIpc) is 2.35. The van der Waals surface area contributed by atoms with Gasteiger partial charge in [0, 0.05) is 32.7 Å². The van der Waals surface area contributed by atoms with E-state index < -0.39 is 9.84 Å². The van der Waals surface area contributed by atoms with Crippen molar-refractivity contribution < 1.29 is 8.42 Å². The summed E-state index contributed by atoms with van der Waals surface area (Å²) in [6.45, 7) is 9.98. The molecule has 1 aliphatic rings. The van der Waals surface area contributed by atoms with Gasteiger partial charge in [-0.2, -0.15) is 0 Å². The zero-order chi connectivity index (χ0) is 13.6. The molecule has 0 aromatic carbocycles. The SMILES string of the molecule is CC(C)S(=O)(=O)CCN1CCN(CCCN)CC1. The fourth-order valence-electron chi connectivity index (χ4n) is 2.04. The van der Waals surface area contributed by atoms with Crippen LogP contribution >= 0.6 is 0 Å². The molecule has 0 radical (unpaired) electrons. The predicted octanol–water partition coefficient (Wildman–Crippen LogP) is -0.224. The Morgan fingerprint density at radius 3 is 2.00 bits per heavy atom. The summed E-state index contributed by atoms with van der Waals surface area (Å²) in [6, 6.07) is 0. The van der Waals surface area contributed by atoms with Gasteiger partial charge >= 0.3 is 0 Å². The largest absolute Gasteiger partial charge is 0.330 e. The molecule has 0 bridgehead atoms. The molecule has 0 unspecified atom stereocenters. The van der Waals surface area contributed by atoms with Crippen LogP contribution in [0.5, 0.6) is 0 Å². The minimum Gasteiger partial charge on any atom is -0.330 e. The molecule has 6 heteroatoms. The van der Waals surface area contributed by atoms with Crippen LogP contribution in [-0.2, 0) is 9.84 Å². The Morgan fingerprint density at radius 2 is 1.56 bits per heavy atom. The van der Waals surface area contributed by atoms with Gasteiger partial charge in [-0.05, 0) is 33.4 Å². The van der Waals surface area contributed by atoms with Crippen molar-refractivity contribution in [2.75, 3.05) is 51.6 Å². The Bertz CT molecular complexity index is 322. The number of piperazine rings is 1. The lowest BCUT2D eigenvalue weighted by Crippen LogP contribution is -2.48. The van der Waals surface area contributed by atoms with E-state index in [4.69, 9.17) is 5.73 Å². The van der Waals surface area contributed by atoms with Gasteiger partial charge in [0.25, 0.3) is 0 Å². The van der Waals surface area contributed by atoms with Gasteiger partial charge in [0.05, 0.1) is 11.0 Å². The standard InChI is InChI=1S/C12H27N3O2S/c1-12(2)18(16,17)11-10-15-8-6-14(7-9-15)5-3-4-13/h12H,3-11,13H2,1-2H3. The van der Waals surface area contributed by atoms with E-state index in [1.165, 1.54) is 0 Å². The maximum Gasteiger partial charge on any atom is 0.153 e. The number of nitrogens with zero attached hydrogens (tertiary/aromatic N) is 2. The fourth-order valence-corrected chi connectivity index (χ4v) is 3.03. The van der Waals surface area contributed by atoms with Crippen LogP contribution in [0.25, 0.3) is 0 Å². The molecule has 0 spiro atoms. The fraction of sp³-hybridized carbons (Fsp3) is 1.00. The summed E-state index contributed by atoms with van der Waals surface area (Å²) in [7, 11) is -2.90. The highest BCUT2D eigenvalue weighted by Crippen LogP contribution is 2.05. The molecule has 5 nitrogen and oxygen atoms in total. The maximum absolute atomic E-state index is 11.7. The zero-order valence-corrected chi connectivity index (χ0v) is 12.5. The Balaban J connectivity index is 2.24. The molecular weight excluding hydrogens is 250 g/mol.